The Labute approximate surface area is 122 Å². The quantitative estimate of drug-likeness (QED) is 0.839. The van der Waals surface area contributed by atoms with Crippen LogP contribution in [0.1, 0.15) is 45.1 Å². The van der Waals surface area contributed by atoms with Crippen molar-refractivity contribution in [2.45, 2.75) is 58.3 Å². The zero-order valence-electron chi connectivity index (χ0n) is 12.6. The molecule has 1 aliphatic carbocycles. The Morgan fingerprint density at radius 1 is 1.20 bits per heavy atom. The van der Waals surface area contributed by atoms with Gasteiger partial charge in [-0.3, -0.25) is 0 Å². The van der Waals surface area contributed by atoms with E-state index < -0.39 is 0 Å². The van der Waals surface area contributed by atoms with E-state index in [1.807, 2.05) is 12.1 Å². The number of benzene rings is 1. The molecule has 0 saturated heterocycles. The molecule has 1 aromatic carbocycles. The van der Waals surface area contributed by atoms with E-state index in [-0.39, 0.29) is 12.2 Å². The Balaban J connectivity index is 1.79. The molecular weight excluding hydrogens is 250 g/mol. The molecule has 2 rings (SSSR count). The van der Waals surface area contributed by atoms with Crippen LogP contribution in [0, 0.1) is 5.92 Å². The maximum atomic E-state index is 9.51. The summed E-state index contributed by atoms with van der Waals surface area (Å²) < 4.78 is 5.83. The van der Waals surface area contributed by atoms with Crippen LogP contribution < -0.4 is 10.1 Å². The van der Waals surface area contributed by atoms with Crippen LogP contribution in [0.3, 0.4) is 0 Å². The van der Waals surface area contributed by atoms with Crippen LogP contribution in [-0.2, 0) is 6.54 Å². The van der Waals surface area contributed by atoms with Gasteiger partial charge in [-0.1, -0.05) is 18.2 Å². The summed E-state index contributed by atoms with van der Waals surface area (Å²) in [5, 5.41) is 13.1. The van der Waals surface area contributed by atoms with E-state index in [4.69, 9.17) is 4.74 Å². The molecule has 0 spiro atoms. The van der Waals surface area contributed by atoms with Crippen molar-refractivity contribution in [2.75, 3.05) is 6.54 Å². The second-order valence-electron chi connectivity index (χ2n) is 6.08. The first-order chi connectivity index (χ1) is 9.65. The maximum Gasteiger partial charge on any atom is 0.124 e. The molecule has 0 unspecified atom stereocenters. The van der Waals surface area contributed by atoms with Gasteiger partial charge < -0.3 is 15.2 Å². The van der Waals surface area contributed by atoms with Gasteiger partial charge >= 0.3 is 0 Å². The van der Waals surface area contributed by atoms with Gasteiger partial charge in [0.1, 0.15) is 5.75 Å². The summed E-state index contributed by atoms with van der Waals surface area (Å²) in [6.45, 7) is 5.99. The Hall–Kier alpha value is -1.06. The normalized spacial score (nSPS) is 23.0. The van der Waals surface area contributed by atoms with E-state index in [0.717, 1.165) is 44.5 Å². The highest BCUT2D eigenvalue weighted by Crippen LogP contribution is 2.24. The summed E-state index contributed by atoms with van der Waals surface area (Å²) in [5.74, 6) is 1.69. The highest BCUT2D eigenvalue weighted by Gasteiger charge is 2.18. The Morgan fingerprint density at radius 3 is 2.60 bits per heavy atom. The number of ether oxygens (including phenoxy) is 1. The Morgan fingerprint density at radius 2 is 1.90 bits per heavy atom. The molecular formula is C17H27NO2. The maximum absolute atomic E-state index is 9.51. The van der Waals surface area contributed by atoms with Gasteiger partial charge in [-0.05, 0) is 58.1 Å². The summed E-state index contributed by atoms with van der Waals surface area (Å²) >= 11 is 0. The van der Waals surface area contributed by atoms with E-state index in [1.165, 1.54) is 5.56 Å². The van der Waals surface area contributed by atoms with Crippen molar-refractivity contribution < 1.29 is 9.84 Å². The van der Waals surface area contributed by atoms with E-state index in [1.54, 1.807) is 0 Å². The lowest BCUT2D eigenvalue weighted by atomic mass is 9.87. The molecule has 112 valence electrons. The van der Waals surface area contributed by atoms with Crippen molar-refractivity contribution in [3.05, 3.63) is 29.8 Å². The summed E-state index contributed by atoms with van der Waals surface area (Å²) in [7, 11) is 0. The van der Waals surface area contributed by atoms with E-state index >= 15 is 0 Å². The molecule has 1 saturated carbocycles. The number of aliphatic hydroxyl groups excluding tert-OH is 1. The van der Waals surface area contributed by atoms with Crippen molar-refractivity contribution in [1.29, 1.82) is 0 Å². The topological polar surface area (TPSA) is 41.5 Å². The zero-order valence-corrected chi connectivity index (χ0v) is 12.6. The highest BCUT2D eigenvalue weighted by molar-refractivity contribution is 5.33. The van der Waals surface area contributed by atoms with Crippen molar-refractivity contribution in [3.63, 3.8) is 0 Å². The van der Waals surface area contributed by atoms with Gasteiger partial charge in [0.05, 0.1) is 12.2 Å². The van der Waals surface area contributed by atoms with Gasteiger partial charge in [0.2, 0.25) is 0 Å². The van der Waals surface area contributed by atoms with Crippen LogP contribution in [0.4, 0.5) is 0 Å². The average molecular weight is 277 g/mol. The van der Waals surface area contributed by atoms with Crippen molar-refractivity contribution in [3.8, 4) is 5.75 Å². The van der Waals surface area contributed by atoms with Gasteiger partial charge in [0, 0.05) is 12.1 Å². The number of hydrogen-bond acceptors (Lipinski definition) is 3. The first-order valence-corrected chi connectivity index (χ1v) is 7.78. The SMILES string of the molecule is CC(C)Oc1ccccc1CNCC1CCC(O)CC1. The van der Waals surface area contributed by atoms with Gasteiger partial charge in [-0.25, -0.2) is 0 Å². The average Bonchev–Trinajstić information content (AvgIpc) is 2.42. The summed E-state index contributed by atoms with van der Waals surface area (Å²) in [6.07, 6.45) is 4.33. The summed E-state index contributed by atoms with van der Waals surface area (Å²) in [5.41, 5.74) is 1.22. The van der Waals surface area contributed by atoms with Crippen LogP contribution in [0.2, 0.25) is 0 Å². The summed E-state index contributed by atoms with van der Waals surface area (Å²) in [6, 6.07) is 8.23. The second-order valence-corrected chi connectivity index (χ2v) is 6.08. The fourth-order valence-electron chi connectivity index (χ4n) is 2.78. The van der Waals surface area contributed by atoms with Gasteiger partial charge in [-0.15, -0.1) is 0 Å². The molecule has 0 heterocycles. The first-order valence-electron chi connectivity index (χ1n) is 7.78. The fourth-order valence-corrected chi connectivity index (χ4v) is 2.78. The smallest absolute Gasteiger partial charge is 0.124 e. The largest absolute Gasteiger partial charge is 0.491 e. The molecule has 0 bridgehead atoms. The molecule has 0 atom stereocenters. The lowest BCUT2D eigenvalue weighted by Crippen LogP contribution is -2.27. The van der Waals surface area contributed by atoms with E-state index in [0.29, 0.717) is 5.92 Å². The Bertz CT molecular complexity index is 398. The van der Waals surface area contributed by atoms with Gasteiger partial charge in [0.25, 0.3) is 0 Å². The molecule has 0 aliphatic heterocycles. The highest BCUT2D eigenvalue weighted by atomic mass is 16.5. The molecule has 1 aromatic rings. The minimum absolute atomic E-state index is 0.0635. The Kier molecular flexibility index (Phi) is 5.86. The van der Waals surface area contributed by atoms with Gasteiger partial charge in [0.15, 0.2) is 0 Å². The number of hydrogen-bond donors (Lipinski definition) is 2. The molecule has 1 aliphatic rings. The third-order valence-electron chi connectivity index (χ3n) is 3.90. The van der Waals surface area contributed by atoms with Crippen LogP contribution in [0.25, 0.3) is 0 Å². The molecule has 0 amide bonds. The number of nitrogens with one attached hydrogen (secondary N) is 1. The fraction of sp³-hybridized carbons (Fsp3) is 0.647. The van der Waals surface area contributed by atoms with Crippen LogP contribution in [-0.4, -0.2) is 23.9 Å². The molecule has 20 heavy (non-hydrogen) atoms. The minimum atomic E-state index is -0.0635. The zero-order chi connectivity index (χ0) is 14.4. The number of rotatable bonds is 6. The van der Waals surface area contributed by atoms with E-state index in [9.17, 15) is 5.11 Å². The van der Waals surface area contributed by atoms with Crippen molar-refractivity contribution in [2.24, 2.45) is 5.92 Å². The number of aliphatic hydroxyl groups is 1. The predicted octanol–water partition coefficient (Wildman–Crippen LogP) is 3.11. The number of para-hydroxylation sites is 1. The second kappa shape index (κ2) is 7.65. The molecule has 1 fully saturated rings. The lowest BCUT2D eigenvalue weighted by molar-refractivity contribution is 0.108. The van der Waals surface area contributed by atoms with E-state index in [2.05, 4.69) is 31.3 Å². The van der Waals surface area contributed by atoms with Crippen LogP contribution >= 0.6 is 0 Å². The lowest BCUT2D eigenvalue weighted by Gasteiger charge is -2.25. The molecule has 3 heteroatoms. The monoisotopic (exact) mass is 277 g/mol. The van der Waals surface area contributed by atoms with Crippen molar-refractivity contribution in [1.82, 2.24) is 5.32 Å². The first kappa shape index (κ1) is 15.3. The van der Waals surface area contributed by atoms with Crippen LogP contribution in [0.5, 0.6) is 5.75 Å². The predicted molar refractivity (Wildman–Crippen MR) is 81.9 cm³/mol. The minimum Gasteiger partial charge on any atom is -0.491 e. The molecule has 0 aromatic heterocycles. The standard InChI is InChI=1S/C17H27NO2/c1-13(2)20-17-6-4-3-5-15(17)12-18-11-14-7-9-16(19)10-8-14/h3-6,13-14,16,18-19H,7-12H2,1-2H3. The molecule has 0 radical (unpaired) electrons. The molecule has 2 N–H and O–H groups in total. The van der Waals surface area contributed by atoms with Crippen molar-refractivity contribution >= 4 is 0 Å². The van der Waals surface area contributed by atoms with Gasteiger partial charge in [-0.2, -0.15) is 0 Å². The third kappa shape index (κ3) is 4.80. The molecule has 3 nitrogen and oxygen atoms in total. The third-order valence-corrected chi connectivity index (χ3v) is 3.90. The summed E-state index contributed by atoms with van der Waals surface area (Å²) in [4.78, 5) is 0. The van der Waals surface area contributed by atoms with Crippen LogP contribution in [0.15, 0.2) is 24.3 Å².